The van der Waals surface area contributed by atoms with Gasteiger partial charge in [0.2, 0.25) is 20.0 Å². The van der Waals surface area contributed by atoms with Crippen LogP contribution in [0.3, 0.4) is 0 Å². The molecule has 1 aromatic carbocycles. The fraction of sp³-hybridized carbons (Fsp3) is 0.333. The first kappa shape index (κ1) is 18.7. The zero-order valence-electron chi connectivity index (χ0n) is 13.5. The third-order valence-electron chi connectivity index (χ3n) is 3.33. The number of furan rings is 1. The summed E-state index contributed by atoms with van der Waals surface area (Å²) >= 11 is 0. The number of aryl methyl sites for hydroxylation is 1. The third kappa shape index (κ3) is 5.17. The first-order valence-corrected chi connectivity index (χ1v) is 10.6. The normalized spacial score (nSPS) is 12.6. The molecule has 0 aliphatic carbocycles. The summed E-state index contributed by atoms with van der Waals surface area (Å²) in [7, 11) is -7.17. The second-order valence-corrected chi connectivity index (χ2v) is 9.14. The van der Waals surface area contributed by atoms with E-state index >= 15 is 0 Å². The van der Waals surface area contributed by atoms with Gasteiger partial charge < -0.3 is 4.42 Å². The van der Waals surface area contributed by atoms with Crippen LogP contribution in [0.25, 0.3) is 0 Å². The Bertz CT molecular complexity index is 874. The van der Waals surface area contributed by atoms with Gasteiger partial charge in [-0.2, -0.15) is 4.31 Å². The van der Waals surface area contributed by atoms with E-state index in [1.54, 1.807) is 37.3 Å². The molecule has 0 saturated carbocycles. The molecular weight excluding hydrogens is 352 g/mol. The zero-order chi connectivity index (χ0) is 17.8. The lowest BCUT2D eigenvalue weighted by molar-refractivity contribution is 0.368. The van der Waals surface area contributed by atoms with Crippen LogP contribution in [-0.2, 0) is 26.6 Å². The maximum atomic E-state index is 12.2. The van der Waals surface area contributed by atoms with Crippen LogP contribution in [0.5, 0.6) is 0 Å². The number of benzene rings is 1. The molecule has 0 spiro atoms. The third-order valence-corrected chi connectivity index (χ3v) is 6.04. The Kier molecular flexibility index (Phi) is 5.81. The minimum atomic E-state index is -3.68. The van der Waals surface area contributed by atoms with Crippen LogP contribution in [0.4, 0.5) is 0 Å². The van der Waals surface area contributed by atoms with Crippen LogP contribution in [0.1, 0.15) is 11.3 Å². The zero-order valence-corrected chi connectivity index (χ0v) is 15.1. The lowest BCUT2D eigenvalue weighted by Crippen LogP contribution is -2.37. The van der Waals surface area contributed by atoms with E-state index < -0.39 is 20.0 Å². The van der Waals surface area contributed by atoms with Crippen molar-refractivity contribution in [3.8, 4) is 0 Å². The number of hydrogen-bond acceptors (Lipinski definition) is 5. The summed E-state index contributed by atoms with van der Waals surface area (Å²) in [5.41, 5.74) is 0.827. The summed E-state index contributed by atoms with van der Waals surface area (Å²) in [6.07, 6.45) is 2.53. The molecule has 0 unspecified atom stereocenters. The summed E-state index contributed by atoms with van der Waals surface area (Å²) in [4.78, 5) is 0.152. The summed E-state index contributed by atoms with van der Waals surface area (Å²) in [6, 6.07) is 9.83. The second-order valence-electron chi connectivity index (χ2n) is 5.39. The Labute approximate surface area is 142 Å². The largest absolute Gasteiger partial charge is 0.468 e. The van der Waals surface area contributed by atoms with Gasteiger partial charge >= 0.3 is 0 Å². The molecule has 0 aliphatic rings. The van der Waals surface area contributed by atoms with Crippen molar-refractivity contribution in [3.63, 3.8) is 0 Å². The molecular formula is C15H20N2O5S2. The van der Waals surface area contributed by atoms with Crippen molar-refractivity contribution < 1.29 is 21.3 Å². The monoisotopic (exact) mass is 372 g/mol. The van der Waals surface area contributed by atoms with Crippen molar-refractivity contribution in [1.82, 2.24) is 9.03 Å². The van der Waals surface area contributed by atoms with Gasteiger partial charge in [0.25, 0.3) is 0 Å². The summed E-state index contributed by atoms with van der Waals surface area (Å²) in [5, 5.41) is 0. The maximum absolute atomic E-state index is 12.2. The van der Waals surface area contributed by atoms with Gasteiger partial charge in [-0.25, -0.2) is 21.6 Å². The van der Waals surface area contributed by atoms with E-state index in [0.29, 0.717) is 5.76 Å². The molecule has 24 heavy (non-hydrogen) atoms. The molecule has 0 aliphatic heterocycles. The predicted molar refractivity (Wildman–Crippen MR) is 90.3 cm³/mol. The van der Waals surface area contributed by atoms with E-state index in [4.69, 9.17) is 4.42 Å². The Morgan fingerprint density at radius 1 is 1.12 bits per heavy atom. The highest BCUT2D eigenvalue weighted by Crippen LogP contribution is 2.11. The first-order valence-electron chi connectivity index (χ1n) is 7.22. The molecule has 1 N–H and O–H groups in total. The standard InChI is InChI=1S/C15H20N2O5S2/c1-13-5-3-7-15(11-13)24(20,21)16-8-9-17(23(2,18)19)12-14-6-4-10-22-14/h3-7,10-11,16H,8-9,12H2,1-2H3. The van der Waals surface area contributed by atoms with Crippen molar-refractivity contribution in [2.75, 3.05) is 19.3 Å². The van der Waals surface area contributed by atoms with Crippen LogP contribution in [-0.4, -0.2) is 40.5 Å². The van der Waals surface area contributed by atoms with Gasteiger partial charge in [-0.1, -0.05) is 12.1 Å². The minimum Gasteiger partial charge on any atom is -0.468 e. The van der Waals surface area contributed by atoms with Gasteiger partial charge in [0, 0.05) is 13.1 Å². The molecule has 1 aromatic heterocycles. The molecule has 0 saturated heterocycles. The Hall–Kier alpha value is -1.68. The minimum absolute atomic E-state index is 0.00454. The summed E-state index contributed by atoms with van der Waals surface area (Å²) < 4.78 is 56.9. The molecule has 0 amide bonds. The van der Waals surface area contributed by atoms with Crippen molar-refractivity contribution in [2.45, 2.75) is 18.4 Å². The van der Waals surface area contributed by atoms with Gasteiger partial charge in [-0.15, -0.1) is 0 Å². The Morgan fingerprint density at radius 2 is 1.88 bits per heavy atom. The molecule has 2 aromatic rings. The van der Waals surface area contributed by atoms with Crippen molar-refractivity contribution >= 4 is 20.0 Å². The molecule has 1 heterocycles. The highest BCUT2D eigenvalue weighted by molar-refractivity contribution is 7.89. The van der Waals surface area contributed by atoms with Gasteiger partial charge in [0.15, 0.2) is 0 Å². The first-order chi connectivity index (χ1) is 11.2. The average Bonchev–Trinajstić information content (AvgIpc) is 2.98. The lowest BCUT2D eigenvalue weighted by atomic mass is 10.2. The van der Waals surface area contributed by atoms with Crippen molar-refractivity contribution in [3.05, 3.63) is 54.0 Å². The van der Waals surface area contributed by atoms with E-state index in [1.807, 2.05) is 0 Å². The second kappa shape index (κ2) is 7.47. The summed E-state index contributed by atoms with van der Waals surface area (Å²) in [6.45, 7) is 1.82. The Morgan fingerprint density at radius 3 is 2.46 bits per heavy atom. The van der Waals surface area contributed by atoms with E-state index in [-0.39, 0.29) is 24.5 Å². The molecule has 2 rings (SSSR count). The van der Waals surface area contributed by atoms with Gasteiger partial charge in [0.05, 0.1) is 24.0 Å². The molecule has 0 atom stereocenters. The predicted octanol–water partition coefficient (Wildman–Crippen LogP) is 1.33. The summed E-state index contributed by atoms with van der Waals surface area (Å²) in [5.74, 6) is 0.488. The van der Waals surface area contributed by atoms with Crippen LogP contribution in [0.15, 0.2) is 52.0 Å². The topological polar surface area (TPSA) is 96.7 Å². The number of rotatable bonds is 8. The van der Waals surface area contributed by atoms with Gasteiger partial charge in [0.1, 0.15) is 5.76 Å². The Balaban J connectivity index is 2.02. The van der Waals surface area contributed by atoms with Crippen LogP contribution in [0.2, 0.25) is 0 Å². The maximum Gasteiger partial charge on any atom is 0.240 e. The number of sulfonamides is 2. The van der Waals surface area contributed by atoms with Crippen molar-refractivity contribution in [1.29, 1.82) is 0 Å². The smallest absolute Gasteiger partial charge is 0.240 e. The molecule has 7 nitrogen and oxygen atoms in total. The van der Waals surface area contributed by atoms with Crippen molar-refractivity contribution in [2.24, 2.45) is 0 Å². The molecule has 0 bridgehead atoms. The molecule has 0 radical (unpaired) electrons. The molecule has 132 valence electrons. The van der Waals surface area contributed by atoms with Crippen LogP contribution < -0.4 is 4.72 Å². The van der Waals surface area contributed by atoms with Crippen LogP contribution in [0, 0.1) is 6.92 Å². The fourth-order valence-corrected chi connectivity index (χ4v) is 4.02. The van der Waals surface area contributed by atoms with E-state index in [9.17, 15) is 16.8 Å². The average molecular weight is 372 g/mol. The SMILES string of the molecule is Cc1cccc(S(=O)(=O)NCCN(Cc2ccco2)S(C)(=O)=O)c1. The quantitative estimate of drug-likeness (QED) is 0.754. The van der Waals surface area contributed by atoms with Crippen LogP contribution >= 0.6 is 0 Å². The van der Waals surface area contributed by atoms with E-state index in [0.717, 1.165) is 16.1 Å². The number of nitrogens with zero attached hydrogens (tertiary/aromatic N) is 1. The highest BCUT2D eigenvalue weighted by atomic mass is 32.2. The number of nitrogens with one attached hydrogen (secondary N) is 1. The molecule has 0 fully saturated rings. The highest BCUT2D eigenvalue weighted by Gasteiger charge is 2.20. The lowest BCUT2D eigenvalue weighted by Gasteiger charge is -2.19. The molecule has 9 heteroatoms. The van der Waals surface area contributed by atoms with Gasteiger partial charge in [-0.3, -0.25) is 0 Å². The van der Waals surface area contributed by atoms with E-state index in [1.165, 1.54) is 12.3 Å². The van der Waals surface area contributed by atoms with E-state index in [2.05, 4.69) is 4.72 Å². The number of hydrogen-bond donors (Lipinski definition) is 1. The fourth-order valence-electron chi connectivity index (χ4n) is 2.11. The van der Waals surface area contributed by atoms with Gasteiger partial charge in [-0.05, 0) is 36.8 Å².